The van der Waals surface area contributed by atoms with Gasteiger partial charge >= 0.3 is 6.03 Å². The van der Waals surface area contributed by atoms with Crippen LogP contribution in [0.25, 0.3) is 0 Å². The number of benzene rings is 1. The second-order valence-corrected chi connectivity index (χ2v) is 9.01. The molecule has 1 aliphatic carbocycles. The van der Waals surface area contributed by atoms with E-state index < -0.39 is 0 Å². The van der Waals surface area contributed by atoms with Crippen molar-refractivity contribution in [3.63, 3.8) is 0 Å². The number of hydrogen-bond acceptors (Lipinski definition) is 1. The summed E-state index contributed by atoms with van der Waals surface area (Å²) in [6.07, 6.45) is 8.09. The van der Waals surface area contributed by atoms with Gasteiger partial charge in [-0.2, -0.15) is 0 Å². The SMILES string of the molecule is Cc1cccc(Cn2cccc2CN(C(=O)NC2CCCCC2)C(C)C(C)C)c1. The van der Waals surface area contributed by atoms with Crippen LogP contribution in [0.1, 0.15) is 69.7 Å². The average molecular weight is 396 g/mol. The molecular formula is C25H37N3O. The van der Waals surface area contributed by atoms with Crippen molar-refractivity contribution < 1.29 is 4.79 Å². The van der Waals surface area contributed by atoms with Crippen LogP contribution in [0, 0.1) is 12.8 Å². The number of nitrogens with one attached hydrogen (secondary N) is 1. The summed E-state index contributed by atoms with van der Waals surface area (Å²) in [5, 5.41) is 3.32. The molecule has 0 bridgehead atoms. The fraction of sp³-hybridized carbons (Fsp3) is 0.560. The Balaban J connectivity index is 1.74. The fourth-order valence-corrected chi connectivity index (χ4v) is 4.19. The van der Waals surface area contributed by atoms with E-state index in [-0.39, 0.29) is 12.1 Å². The molecule has 1 unspecified atom stereocenters. The number of carbonyl (C=O) groups excluding carboxylic acids is 1. The van der Waals surface area contributed by atoms with Crippen LogP contribution in [0.3, 0.4) is 0 Å². The average Bonchev–Trinajstić information content (AvgIpc) is 3.13. The standard InChI is InChI=1S/C25H37N3O/c1-19(2)21(4)28(25(29)26-23-12-6-5-7-13-23)18-24-14-9-15-27(24)17-22-11-8-10-20(3)16-22/h8-11,14-16,19,21,23H,5-7,12-13,17-18H2,1-4H3,(H,26,29). The van der Waals surface area contributed by atoms with Gasteiger partial charge in [-0.15, -0.1) is 0 Å². The Kier molecular flexibility index (Phi) is 7.40. The van der Waals surface area contributed by atoms with Crippen molar-refractivity contribution in [2.24, 2.45) is 5.92 Å². The highest BCUT2D eigenvalue weighted by molar-refractivity contribution is 5.75. The highest BCUT2D eigenvalue weighted by atomic mass is 16.2. The van der Waals surface area contributed by atoms with Crippen LogP contribution < -0.4 is 5.32 Å². The minimum atomic E-state index is 0.0846. The lowest BCUT2D eigenvalue weighted by Gasteiger charge is -2.34. The van der Waals surface area contributed by atoms with Crippen LogP contribution in [0.2, 0.25) is 0 Å². The van der Waals surface area contributed by atoms with Gasteiger partial charge in [0, 0.05) is 30.5 Å². The molecule has 0 spiro atoms. The van der Waals surface area contributed by atoms with Crippen LogP contribution in [-0.2, 0) is 13.1 Å². The van der Waals surface area contributed by atoms with Gasteiger partial charge in [-0.05, 0) is 50.3 Å². The summed E-state index contributed by atoms with van der Waals surface area (Å²) < 4.78 is 2.27. The summed E-state index contributed by atoms with van der Waals surface area (Å²) in [5.41, 5.74) is 3.74. The van der Waals surface area contributed by atoms with Gasteiger partial charge in [-0.3, -0.25) is 0 Å². The van der Waals surface area contributed by atoms with E-state index >= 15 is 0 Å². The van der Waals surface area contributed by atoms with Gasteiger partial charge in [-0.25, -0.2) is 4.79 Å². The number of hydrogen-bond donors (Lipinski definition) is 1. The van der Waals surface area contributed by atoms with Crippen LogP contribution in [-0.4, -0.2) is 27.6 Å². The number of aromatic nitrogens is 1. The molecule has 1 aromatic heterocycles. The zero-order chi connectivity index (χ0) is 20.8. The first-order valence-corrected chi connectivity index (χ1v) is 11.2. The predicted molar refractivity (Wildman–Crippen MR) is 120 cm³/mol. The summed E-state index contributed by atoms with van der Waals surface area (Å²) in [6.45, 7) is 10.1. The molecule has 158 valence electrons. The predicted octanol–water partition coefficient (Wildman–Crippen LogP) is 5.73. The van der Waals surface area contributed by atoms with Crippen molar-refractivity contribution in [1.82, 2.24) is 14.8 Å². The molecule has 0 saturated heterocycles. The Morgan fingerprint density at radius 1 is 1.14 bits per heavy atom. The second kappa shape index (κ2) is 10.00. The summed E-state index contributed by atoms with van der Waals surface area (Å²) in [4.78, 5) is 15.2. The molecule has 29 heavy (non-hydrogen) atoms. The van der Waals surface area contributed by atoms with E-state index in [1.165, 1.54) is 36.1 Å². The maximum Gasteiger partial charge on any atom is 0.318 e. The van der Waals surface area contributed by atoms with Crippen LogP contribution in [0.5, 0.6) is 0 Å². The number of amides is 2. The molecule has 1 heterocycles. The topological polar surface area (TPSA) is 37.3 Å². The quantitative estimate of drug-likeness (QED) is 0.638. The lowest BCUT2D eigenvalue weighted by atomic mass is 9.95. The van der Waals surface area contributed by atoms with Gasteiger partial charge in [0.1, 0.15) is 0 Å². The summed E-state index contributed by atoms with van der Waals surface area (Å²) in [6, 6.07) is 13.5. The Hall–Kier alpha value is -2.23. The third-order valence-corrected chi connectivity index (χ3v) is 6.34. The molecule has 2 aromatic rings. The van der Waals surface area contributed by atoms with E-state index in [0.29, 0.717) is 18.5 Å². The molecule has 1 atom stereocenters. The number of rotatable bonds is 7. The highest BCUT2D eigenvalue weighted by Crippen LogP contribution is 2.20. The maximum atomic E-state index is 13.2. The van der Waals surface area contributed by atoms with E-state index in [1.54, 1.807) is 0 Å². The molecule has 2 amide bonds. The van der Waals surface area contributed by atoms with Gasteiger partial charge in [0.15, 0.2) is 0 Å². The first kappa shape index (κ1) is 21.5. The first-order chi connectivity index (χ1) is 13.9. The zero-order valence-electron chi connectivity index (χ0n) is 18.5. The normalized spacial score (nSPS) is 16.0. The smallest absolute Gasteiger partial charge is 0.318 e. The lowest BCUT2D eigenvalue weighted by Crippen LogP contribution is -2.50. The van der Waals surface area contributed by atoms with Crippen molar-refractivity contribution in [1.29, 1.82) is 0 Å². The van der Waals surface area contributed by atoms with Crippen LogP contribution >= 0.6 is 0 Å². The fourth-order valence-electron chi connectivity index (χ4n) is 4.19. The Morgan fingerprint density at radius 2 is 1.90 bits per heavy atom. The molecule has 1 aliphatic rings. The number of urea groups is 1. The summed E-state index contributed by atoms with van der Waals surface area (Å²) >= 11 is 0. The Labute approximate surface area is 176 Å². The van der Waals surface area contributed by atoms with Gasteiger partial charge in [0.25, 0.3) is 0 Å². The van der Waals surface area contributed by atoms with Crippen LogP contribution in [0.15, 0.2) is 42.6 Å². The number of carbonyl (C=O) groups is 1. The number of nitrogens with zero attached hydrogens (tertiary/aromatic N) is 2. The van der Waals surface area contributed by atoms with Gasteiger partial charge in [0.05, 0.1) is 6.54 Å². The van der Waals surface area contributed by atoms with Gasteiger partial charge < -0.3 is 14.8 Å². The molecular weight excluding hydrogens is 358 g/mol. The minimum Gasteiger partial charge on any atom is -0.345 e. The minimum absolute atomic E-state index is 0.0846. The van der Waals surface area contributed by atoms with Crippen molar-refractivity contribution in [2.75, 3.05) is 0 Å². The molecule has 1 N–H and O–H groups in total. The number of aryl methyl sites for hydroxylation is 1. The van der Waals surface area contributed by atoms with Gasteiger partial charge in [0.2, 0.25) is 0 Å². The monoisotopic (exact) mass is 395 g/mol. The van der Waals surface area contributed by atoms with E-state index in [9.17, 15) is 4.79 Å². The lowest BCUT2D eigenvalue weighted by molar-refractivity contribution is 0.150. The van der Waals surface area contributed by atoms with E-state index in [4.69, 9.17) is 0 Å². The second-order valence-electron chi connectivity index (χ2n) is 9.01. The van der Waals surface area contributed by atoms with Crippen molar-refractivity contribution in [3.8, 4) is 0 Å². The third-order valence-electron chi connectivity index (χ3n) is 6.34. The molecule has 4 nitrogen and oxygen atoms in total. The van der Waals surface area contributed by atoms with E-state index in [0.717, 1.165) is 19.4 Å². The molecule has 1 fully saturated rings. The third kappa shape index (κ3) is 5.88. The molecule has 1 aromatic carbocycles. The van der Waals surface area contributed by atoms with E-state index in [1.807, 2.05) is 4.90 Å². The molecule has 0 aliphatic heterocycles. The van der Waals surface area contributed by atoms with E-state index in [2.05, 4.69) is 80.2 Å². The highest BCUT2D eigenvalue weighted by Gasteiger charge is 2.26. The Bertz CT molecular complexity index is 789. The van der Waals surface area contributed by atoms with Gasteiger partial charge in [-0.1, -0.05) is 62.9 Å². The zero-order valence-corrected chi connectivity index (χ0v) is 18.5. The molecule has 1 saturated carbocycles. The summed E-state index contributed by atoms with van der Waals surface area (Å²) in [5.74, 6) is 0.410. The van der Waals surface area contributed by atoms with Crippen molar-refractivity contribution in [2.45, 2.75) is 85.0 Å². The van der Waals surface area contributed by atoms with Crippen LogP contribution in [0.4, 0.5) is 4.79 Å². The molecule has 4 heteroatoms. The largest absolute Gasteiger partial charge is 0.345 e. The van der Waals surface area contributed by atoms with Crippen molar-refractivity contribution in [3.05, 3.63) is 59.4 Å². The maximum absolute atomic E-state index is 13.2. The summed E-state index contributed by atoms with van der Waals surface area (Å²) in [7, 11) is 0. The molecule has 0 radical (unpaired) electrons. The Morgan fingerprint density at radius 3 is 2.59 bits per heavy atom. The van der Waals surface area contributed by atoms with Crippen molar-refractivity contribution >= 4 is 6.03 Å². The molecule has 3 rings (SSSR count). The first-order valence-electron chi connectivity index (χ1n) is 11.2.